The number of fused-ring (bicyclic) bond motifs is 1. The van der Waals surface area contributed by atoms with Crippen molar-refractivity contribution < 1.29 is 4.74 Å². The molecule has 1 N–H and O–H groups in total. The van der Waals surface area contributed by atoms with Gasteiger partial charge in [-0.15, -0.1) is 11.3 Å². The maximum atomic E-state index is 5.50. The predicted octanol–water partition coefficient (Wildman–Crippen LogP) is 4.53. The van der Waals surface area contributed by atoms with Crippen molar-refractivity contribution >= 4 is 11.3 Å². The molecule has 0 aliphatic heterocycles. The molecule has 0 radical (unpaired) electrons. The van der Waals surface area contributed by atoms with Gasteiger partial charge < -0.3 is 10.1 Å². The van der Waals surface area contributed by atoms with Gasteiger partial charge in [0.15, 0.2) is 0 Å². The maximum absolute atomic E-state index is 5.50. The minimum atomic E-state index is 0.371. The van der Waals surface area contributed by atoms with Crippen LogP contribution < -0.4 is 10.1 Å². The van der Waals surface area contributed by atoms with Gasteiger partial charge >= 0.3 is 0 Å². The van der Waals surface area contributed by atoms with Crippen LogP contribution in [-0.2, 0) is 6.42 Å². The van der Waals surface area contributed by atoms with Crippen molar-refractivity contribution in [3.63, 3.8) is 0 Å². The normalized spacial score (nSPS) is 19.0. The number of aryl methyl sites for hydroxylation is 1. The second-order valence-electron chi connectivity index (χ2n) is 5.72. The lowest BCUT2D eigenvalue weighted by molar-refractivity contribution is 0.392. The van der Waals surface area contributed by atoms with E-state index >= 15 is 0 Å². The van der Waals surface area contributed by atoms with Crippen molar-refractivity contribution in [2.75, 3.05) is 14.2 Å². The molecule has 1 heterocycles. The van der Waals surface area contributed by atoms with Gasteiger partial charge in [-0.1, -0.05) is 24.3 Å². The van der Waals surface area contributed by atoms with E-state index in [0.29, 0.717) is 12.0 Å². The Kier molecular flexibility index (Phi) is 4.61. The zero-order chi connectivity index (χ0) is 14.7. The molecule has 1 aromatic carbocycles. The zero-order valence-electron chi connectivity index (χ0n) is 12.8. The first kappa shape index (κ1) is 14.6. The Balaban J connectivity index is 1.82. The highest BCUT2D eigenvalue weighted by atomic mass is 32.1. The smallest absolute Gasteiger partial charge is 0.134 e. The van der Waals surface area contributed by atoms with Crippen molar-refractivity contribution in [3.05, 3.63) is 51.7 Å². The van der Waals surface area contributed by atoms with Crippen LogP contribution in [0.2, 0.25) is 0 Å². The van der Waals surface area contributed by atoms with Gasteiger partial charge in [0.2, 0.25) is 0 Å². The third kappa shape index (κ3) is 2.99. The molecule has 0 spiro atoms. The van der Waals surface area contributed by atoms with Crippen molar-refractivity contribution in [1.29, 1.82) is 0 Å². The Bertz CT molecular complexity index is 592. The summed E-state index contributed by atoms with van der Waals surface area (Å²) in [7, 11) is 3.81. The van der Waals surface area contributed by atoms with Crippen LogP contribution in [0.1, 0.15) is 47.2 Å². The topological polar surface area (TPSA) is 21.3 Å². The Morgan fingerprint density at radius 3 is 3.00 bits per heavy atom. The highest BCUT2D eigenvalue weighted by Gasteiger charge is 2.25. The third-order valence-corrected chi connectivity index (χ3v) is 5.57. The van der Waals surface area contributed by atoms with Gasteiger partial charge in [-0.3, -0.25) is 0 Å². The summed E-state index contributed by atoms with van der Waals surface area (Å²) >= 11 is 1.79. The highest BCUT2D eigenvalue weighted by molar-refractivity contribution is 7.10. The summed E-state index contributed by atoms with van der Waals surface area (Å²) in [5, 5.41) is 5.61. The van der Waals surface area contributed by atoms with Crippen LogP contribution in [0.15, 0.2) is 35.7 Å². The summed E-state index contributed by atoms with van der Waals surface area (Å²) in [6.07, 6.45) is 4.98. The summed E-state index contributed by atoms with van der Waals surface area (Å²) in [5.41, 5.74) is 3.10. The molecule has 1 aliphatic rings. The Hall–Kier alpha value is -1.32. The zero-order valence-corrected chi connectivity index (χ0v) is 13.6. The fourth-order valence-corrected chi connectivity index (χ4v) is 4.46. The van der Waals surface area contributed by atoms with Gasteiger partial charge in [0.1, 0.15) is 5.75 Å². The van der Waals surface area contributed by atoms with E-state index in [9.17, 15) is 0 Å². The van der Waals surface area contributed by atoms with E-state index in [1.165, 1.54) is 24.1 Å². The second kappa shape index (κ2) is 6.63. The third-order valence-electron chi connectivity index (χ3n) is 4.56. The van der Waals surface area contributed by atoms with Gasteiger partial charge in [0.05, 0.1) is 12.0 Å². The first-order valence-corrected chi connectivity index (χ1v) is 8.58. The van der Waals surface area contributed by atoms with E-state index in [1.54, 1.807) is 29.6 Å². The average molecular weight is 301 g/mol. The number of hydrogen-bond acceptors (Lipinski definition) is 3. The fourth-order valence-electron chi connectivity index (χ4n) is 3.47. The summed E-state index contributed by atoms with van der Waals surface area (Å²) in [6, 6.07) is 11.4. The molecule has 2 aromatic rings. The molecule has 2 nitrogen and oxygen atoms in total. The van der Waals surface area contributed by atoms with Crippen LogP contribution in [-0.4, -0.2) is 14.2 Å². The number of methoxy groups -OCH3 is 1. The quantitative estimate of drug-likeness (QED) is 0.876. The minimum Gasteiger partial charge on any atom is -0.496 e. The first-order chi connectivity index (χ1) is 10.3. The average Bonchev–Trinajstić information content (AvgIpc) is 3.01. The molecule has 21 heavy (non-hydrogen) atoms. The van der Waals surface area contributed by atoms with Crippen LogP contribution in [0.4, 0.5) is 0 Å². The van der Waals surface area contributed by atoms with E-state index in [2.05, 4.69) is 48.1 Å². The standard InChI is InChI=1S/C18H23NOS/c1-19-16(18-17(20-2)10-11-21-18)12-14-8-5-7-13-6-3-4-9-15(13)14/h3-4,6,9-11,14,16,19H,5,7-8,12H2,1-2H3. The number of thiophene rings is 1. The molecule has 0 bridgehead atoms. The fraction of sp³-hybridized carbons (Fsp3) is 0.444. The molecule has 2 atom stereocenters. The van der Waals surface area contributed by atoms with Crippen molar-refractivity contribution in [2.45, 2.75) is 37.6 Å². The molecule has 0 saturated heterocycles. The monoisotopic (exact) mass is 301 g/mol. The molecule has 0 fully saturated rings. The Morgan fingerprint density at radius 2 is 2.19 bits per heavy atom. The van der Waals surface area contributed by atoms with Gasteiger partial charge in [-0.25, -0.2) is 0 Å². The SMILES string of the molecule is CNC(CC1CCCc2ccccc21)c1sccc1OC. The number of benzene rings is 1. The summed E-state index contributed by atoms with van der Waals surface area (Å²) in [4.78, 5) is 1.32. The Morgan fingerprint density at radius 1 is 1.33 bits per heavy atom. The molecule has 3 rings (SSSR count). The molecule has 0 amide bonds. The first-order valence-electron chi connectivity index (χ1n) is 7.70. The maximum Gasteiger partial charge on any atom is 0.134 e. The predicted molar refractivity (Wildman–Crippen MR) is 89.4 cm³/mol. The molecule has 1 aromatic heterocycles. The van der Waals surface area contributed by atoms with Gasteiger partial charge in [-0.05, 0) is 61.2 Å². The van der Waals surface area contributed by atoms with E-state index in [1.807, 2.05) is 0 Å². The molecular weight excluding hydrogens is 278 g/mol. The van der Waals surface area contributed by atoms with E-state index in [-0.39, 0.29) is 0 Å². The highest BCUT2D eigenvalue weighted by Crippen LogP contribution is 2.40. The van der Waals surface area contributed by atoms with Crippen LogP contribution in [0.5, 0.6) is 5.75 Å². The summed E-state index contributed by atoms with van der Waals surface area (Å²) in [5.74, 6) is 1.67. The lowest BCUT2D eigenvalue weighted by Gasteiger charge is -2.29. The van der Waals surface area contributed by atoms with E-state index < -0.39 is 0 Å². The van der Waals surface area contributed by atoms with Crippen molar-refractivity contribution in [1.82, 2.24) is 5.32 Å². The lowest BCUT2D eigenvalue weighted by Crippen LogP contribution is -2.21. The van der Waals surface area contributed by atoms with E-state index in [4.69, 9.17) is 4.74 Å². The summed E-state index contributed by atoms with van der Waals surface area (Å²) in [6.45, 7) is 0. The largest absolute Gasteiger partial charge is 0.496 e. The van der Waals surface area contributed by atoms with Gasteiger partial charge in [0, 0.05) is 6.04 Å². The molecule has 112 valence electrons. The second-order valence-corrected chi connectivity index (χ2v) is 6.67. The van der Waals surface area contributed by atoms with Crippen LogP contribution in [0.25, 0.3) is 0 Å². The lowest BCUT2D eigenvalue weighted by atomic mass is 9.79. The Labute approximate surface area is 131 Å². The van der Waals surface area contributed by atoms with Crippen molar-refractivity contribution in [2.24, 2.45) is 0 Å². The molecule has 3 heteroatoms. The van der Waals surface area contributed by atoms with Crippen LogP contribution in [0.3, 0.4) is 0 Å². The number of nitrogens with one attached hydrogen (secondary N) is 1. The number of ether oxygens (including phenoxy) is 1. The summed E-state index contributed by atoms with van der Waals surface area (Å²) < 4.78 is 5.50. The van der Waals surface area contributed by atoms with Gasteiger partial charge in [-0.2, -0.15) is 0 Å². The van der Waals surface area contributed by atoms with E-state index in [0.717, 1.165) is 12.2 Å². The minimum absolute atomic E-state index is 0.371. The van der Waals surface area contributed by atoms with Crippen LogP contribution in [0, 0.1) is 0 Å². The number of hydrogen-bond donors (Lipinski definition) is 1. The molecule has 2 unspecified atom stereocenters. The number of rotatable bonds is 5. The molecule has 1 aliphatic carbocycles. The molecular formula is C18H23NOS. The van der Waals surface area contributed by atoms with Crippen molar-refractivity contribution in [3.8, 4) is 5.75 Å². The molecule has 0 saturated carbocycles. The van der Waals surface area contributed by atoms with Gasteiger partial charge in [0.25, 0.3) is 0 Å². The van der Waals surface area contributed by atoms with Crippen LogP contribution >= 0.6 is 11.3 Å².